The zero-order valence-corrected chi connectivity index (χ0v) is 20.3. The van der Waals surface area contributed by atoms with Gasteiger partial charge in [-0.25, -0.2) is 4.98 Å². The molecular weight excluding hydrogens is 434 g/mol. The van der Waals surface area contributed by atoms with Crippen LogP contribution in [0.2, 0.25) is 0 Å². The van der Waals surface area contributed by atoms with Crippen molar-refractivity contribution in [1.29, 1.82) is 0 Å². The van der Waals surface area contributed by atoms with Crippen molar-refractivity contribution in [3.8, 4) is 22.8 Å². The van der Waals surface area contributed by atoms with Crippen LogP contribution < -0.4 is 24.6 Å². The molecule has 34 heavy (non-hydrogen) atoms. The number of carbonyl (C=O) groups is 1. The quantitative estimate of drug-likeness (QED) is 0.568. The summed E-state index contributed by atoms with van der Waals surface area (Å²) < 4.78 is 12.4. The monoisotopic (exact) mass is 465 g/mol. The van der Waals surface area contributed by atoms with Gasteiger partial charge in [-0.05, 0) is 43.5 Å². The van der Waals surface area contributed by atoms with E-state index < -0.39 is 0 Å². The van der Waals surface area contributed by atoms with Crippen LogP contribution >= 0.6 is 0 Å². The Morgan fingerprint density at radius 1 is 1.09 bits per heavy atom. The third-order valence-corrected chi connectivity index (χ3v) is 5.86. The summed E-state index contributed by atoms with van der Waals surface area (Å²) in [5.74, 6) is 2.35. The molecule has 2 aromatic heterocycles. The van der Waals surface area contributed by atoms with Gasteiger partial charge in [0.05, 0.1) is 26.1 Å². The lowest BCUT2D eigenvalue weighted by Crippen LogP contribution is -2.31. The van der Waals surface area contributed by atoms with Crippen LogP contribution in [0.5, 0.6) is 11.5 Å². The Labute approximate surface area is 199 Å². The Balaban J connectivity index is 1.61. The van der Waals surface area contributed by atoms with Gasteiger partial charge in [-0.2, -0.15) is 10.1 Å². The molecule has 1 amide bonds. The van der Waals surface area contributed by atoms with E-state index in [1.807, 2.05) is 37.2 Å². The number of rotatable bonds is 7. The Hall–Kier alpha value is -3.82. The number of benzene rings is 1. The van der Waals surface area contributed by atoms with E-state index in [1.165, 1.54) is 6.42 Å². The van der Waals surface area contributed by atoms with Crippen LogP contribution in [-0.2, 0) is 7.05 Å². The molecule has 10 heteroatoms. The summed E-state index contributed by atoms with van der Waals surface area (Å²) in [5, 5.41) is 7.49. The molecule has 1 fully saturated rings. The van der Waals surface area contributed by atoms with Gasteiger partial charge in [-0.15, -0.1) is 0 Å². The molecule has 0 unspecified atom stereocenters. The number of aryl methyl sites for hydroxylation is 1. The summed E-state index contributed by atoms with van der Waals surface area (Å²) in [6.07, 6.45) is 5.19. The fraction of sp³-hybridized carbons (Fsp3) is 0.417. The molecular formula is C24H31N7O3. The Bertz CT molecular complexity index is 1170. The van der Waals surface area contributed by atoms with E-state index in [1.54, 1.807) is 38.2 Å². The van der Waals surface area contributed by atoms with Gasteiger partial charge in [0.2, 0.25) is 5.95 Å². The average molecular weight is 466 g/mol. The molecule has 1 aliphatic heterocycles. The van der Waals surface area contributed by atoms with E-state index in [0.29, 0.717) is 40.3 Å². The maximum Gasteiger partial charge on any atom is 0.274 e. The summed E-state index contributed by atoms with van der Waals surface area (Å²) >= 11 is 0. The van der Waals surface area contributed by atoms with Gasteiger partial charge in [0.15, 0.2) is 5.82 Å². The molecule has 1 saturated heterocycles. The minimum absolute atomic E-state index is 0.305. The highest BCUT2D eigenvalue weighted by atomic mass is 16.5. The third-order valence-electron chi connectivity index (χ3n) is 5.86. The number of nitrogens with one attached hydrogen (secondary N) is 1. The molecule has 1 aromatic carbocycles. The van der Waals surface area contributed by atoms with Crippen molar-refractivity contribution in [2.75, 3.05) is 56.5 Å². The van der Waals surface area contributed by atoms with Crippen LogP contribution in [0.4, 0.5) is 17.5 Å². The van der Waals surface area contributed by atoms with Crippen molar-refractivity contribution < 1.29 is 14.3 Å². The van der Waals surface area contributed by atoms with Gasteiger partial charge in [-0.3, -0.25) is 9.48 Å². The highest BCUT2D eigenvalue weighted by Gasteiger charge is 2.21. The molecule has 4 rings (SSSR count). The van der Waals surface area contributed by atoms with Crippen LogP contribution in [0.3, 0.4) is 0 Å². The van der Waals surface area contributed by atoms with Gasteiger partial charge in [0.1, 0.15) is 22.9 Å². The van der Waals surface area contributed by atoms with Crippen LogP contribution in [0.1, 0.15) is 29.8 Å². The summed E-state index contributed by atoms with van der Waals surface area (Å²) in [4.78, 5) is 26.5. The molecule has 0 atom stereocenters. The second-order valence-corrected chi connectivity index (χ2v) is 8.41. The van der Waals surface area contributed by atoms with E-state index in [9.17, 15) is 4.79 Å². The van der Waals surface area contributed by atoms with E-state index in [-0.39, 0.29) is 5.91 Å². The fourth-order valence-electron chi connectivity index (χ4n) is 4.05. The molecule has 0 aliphatic carbocycles. The SMILES string of the molecule is COc1ccc(OC)c(-c2cc(C(=O)Nc3cnc(N4CCCCC4)nc3N(C)C)n(C)n2)c1. The smallest absolute Gasteiger partial charge is 0.274 e. The lowest BCUT2D eigenvalue weighted by atomic mass is 10.1. The van der Waals surface area contributed by atoms with Gasteiger partial charge in [0.25, 0.3) is 5.91 Å². The van der Waals surface area contributed by atoms with Crippen molar-refractivity contribution in [3.63, 3.8) is 0 Å². The van der Waals surface area contributed by atoms with Crippen molar-refractivity contribution in [1.82, 2.24) is 19.7 Å². The van der Waals surface area contributed by atoms with E-state index >= 15 is 0 Å². The number of amides is 1. The third kappa shape index (κ3) is 4.75. The molecule has 1 N–H and O–H groups in total. The van der Waals surface area contributed by atoms with E-state index in [2.05, 4.69) is 20.3 Å². The lowest BCUT2D eigenvalue weighted by molar-refractivity contribution is 0.101. The molecule has 180 valence electrons. The van der Waals surface area contributed by atoms with Crippen LogP contribution in [0.25, 0.3) is 11.3 Å². The number of anilines is 3. The minimum Gasteiger partial charge on any atom is -0.497 e. The molecule has 10 nitrogen and oxygen atoms in total. The minimum atomic E-state index is -0.305. The van der Waals surface area contributed by atoms with Crippen molar-refractivity contribution in [3.05, 3.63) is 36.2 Å². The number of hydrogen-bond donors (Lipinski definition) is 1. The normalized spacial score (nSPS) is 13.5. The predicted molar refractivity (Wildman–Crippen MR) is 132 cm³/mol. The van der Waals surface area contributed by atoms with Gasteiger partial charge < -0.3 is 24.6 Å². The first-order valence-electron chi connectivity index (χ1n) is 11.3. The lowest BCUT2D eigenvalue weighted by Gasteiger charge is -2.28. The van der Waals surface area contributed by atoms with Crippen LogP contribution in [0, 0.1) is 0 Å². The number of piperidine rings is 1. The molecule has 0 saturated carbocycles. The molecule has 3 heterocycles. The number of aromatic nitrogens is 4. The van der Waals surface area contributed by atoms with Crippen LogP contribution in [-0.4, -0.2) is 67.1 Å². The van der Waals surface area contributed by atoms with E-state index in [0.717, 1.165) is 31.5 Å². The van der Waals surface area contributed by atoms with Crippen molar-refractivity contribution >= 4 is 23.4 Å². The number of hydrogen-bond acceptors (Lipinski definition) is 8. The number of nitrogens with zero attached hydrogens (tertiary/aromatic N) is 6. The number of carbonyl (C=O) groups excluding carboxylic acids is 1. The first kappa shape index (κ1) is 23.3. The first-order chi connectivity index (χ1) is 16.4. The predicted octanol–water partition coefficient (Wildman–Crippen LogP) is 3.20. The molecule has 0 spiro atoms. The standard InChI is InChI=1S/C24H31N7O3/c1-29(2)22-19(15-25-24(27-22)31-11-7-6-8-12-31)26-23(32)20-14-18(28-30(20)3)17-13-16(33-4)9-10-21(17)34-5/h9-10,13-15H,6-8,11-12H2,1-5H3,(H,26,32). The zero-order chi connectivity index (χ0) is 24.2. The maximum atomic E-state index is 13.2. The average Bonchev–Trinajstić information content (AvgIpc) is 3.25. The summed E-state index contributed by atoms with van der Waals surface area (Å²) in [6.45, 7) is 1.90. The van der Waals surface area contributed by atoms with Gasteiger partial charge in [-0.1, -0.05) is 0 Å². The largest absolute Gasteiger partial charge is 0.497 e. The van der Waals surface area contributed by atoms with Crippen molar-refractivity contribution in [2.45, 2.75) is 19.3 Å². The van der Waals surface area contributed by atoms with E-state index in [4.69, 9.17) is 14.5 Å². The fourth-order valence-corrected chi connectivity index (χ4v) is 4.05. The molecule has 0 bridgehead atoms. The highest BCUT2D eigenvalue weighted by molar-refractivity contribution is 6.05. The molecule has 3 aromatic rings. The maximum absolute atomic E-state index is 13.2. The van der Waals surface area contributed by atoms with Gasteiger partial charge in [0, 0.05) is 39.8 Å². The Morgan fingerprint density at radius 2 is 1.85 bits per heavy atom. The molecule has 1 aliphatic rings. The summed E-state index contributed by atoms with van der Waals surface area (Å²) in [6, 6.07) is 7.19. The zero-order valence-electron chi connectivity index (χ0n) is 20.3. The van der Waals surface area contributed by atoms with Crippen LogP contribution in [0.15, 0.2) is 30.5 Å². The highest BCUT2D eigenvalue weighted by Crippen LogP contribution is 2.33. The number of methoxy groups -OCH3 is 2. The second-order valence-electron chi connectivity index (χ2n) is 8.41. The second kappa shape index (κ2) is 9.98. The van der Waals surface area contributed by atoms with Crippen molar-refractivity contribution in [2.24, 2.45) is 7.05 Å². The summed E-state index contributed by atoms with van der Waals surface area (Å²) in [7, 11) is 8.72. The summed E-state index contributed by atoms with van der Waals surface area (Å²) in [5.41, 5.74) is 2.27. The molecule has 0 radical (unpaired) electrons. The topological polar surface area (TPSA) is 97.6 Å². The number of ether oxygens (including phenoxy) is 2. The Morgan fingerprint density at radius 3 is 2.53 bits per heavy atom. The van der Waals surface area contributed by atoms with Gasteiger partial charge >= 0.3 is 0 Å². The Kier molecular flexibility index (Phi) is 6.85. The first-order valence-corrected chi connectivity index (χ1v) is 11.3.